The summed E-state index contributed by atoms with van der Waals surface area (Å²) in [5, 5.41) is 11.8. The SMILES string of the molecule is CC(O)C(C)NCS. The van der Waals surface area contributed by atoms with Crippen molar-refractivity contribution in [1.82, 2.24) is 5.32 Å². The Hall–Kier alpha value is 0.270. The third-order valence-electron chi connectivity index (χ3n) is 1.14. The van der Waals surface area contributed by atoms with E-state index in [1.807, 2.05) is 6.92 Å². The van der Waals surface area contributed by atoms with Crippen LogP contribution in [-0.4, -0.2) is 23.1 Å². The molecule has 0 aliphatic carbocycles. The number of aliphatic hydroxyl groups is 1. The van der Waals surface area contributed by atoms with Gasteiger partial charge in [0.15, 0.2) is 0 Å². The lowest BCUT2D eigenvalue weighted by atomic mass is 10.2. The van der Waals surface area contributed by atoms with Gasteiger partial charge < -0.3 is 10.4 Å². The van der Waals surface area contributed by atoms with Crippen LogP contribution in [0.15, 0.2) is 0 Å². The van der Waals surface area contributed by atoms with E-state index in [0.717, 1.165) is 0 Å². The van der Waals surface area contributed by atoms with Crippen LogP contribution in [0, 0.1) is 0 Å². The van der Waals surface area contributed by atoms with E-state index in [1.165, 1.54) is 0 Å². The van der Waals surface area contributed by atoms with E-state index in [2.05, 4.69) is 17.9 Å². The summed E-state index contributed by atoms with van der Waals surface area (Å²) in [7, 11) is 0. The zero-order valence-corrected chi connectivity index (χ0v) is 6.15. The molecule has 0 bridgehead atoms. The second-order valence-electron chi connectivity index (χ2n) is 1.89. The summed E-state index contributed by atoms with van der Waals surface area (Å²) in [5.41, 5.74) is 0. The van der Waals surface area contributed by atoms with Gasteiger partial charge in [-0.05, 0) is 13.8 Å². The standard InChI is InChI=1S/C5H13NOS/c1-4(5(2)7)6-3-8/h4-8H,3H2,1-2H3. The number of nitrogens with one attached hydrogen (secondary N) is 1. The van der Waals surface area contributed by atoms with E-state index in [-0.39, 0.29) is 12.1 Å². The Bertz CT molecular complexity index is 58.4. The molecule has 0 aromatic carbocycles. The van der Waals surface area contributed by atoms with Crippen molar-refractivity contribution in [3.05, 3.63) is 0 Å². The lowest BCUT2D eigenvalue weighted by Gasteiger charge is -2.13. The number of rotatable bonds is 3. The molecule has 0 aliphatic rings. The summed E-state index contributed by atoms with van der Waals surface area (Å²) in [5.74, 6) is 0.617. The van der Waals surface area contributed by atoms with Gasteiger partial charge in [-0.3, -0.25) is 0 Å². The van der Waals surface area contributed by atoms with Crippen LogP contribution in [0.2, 0.25) is 0 Å². The van der Waals surface area contributed by atoms with Gasteiger partial charge in [-0.25, -0.2) is 0 Å². The van der Waals surface area contributed by atoms with Crippen molar-refractivity contribution in [2.75, 3.05) is 5.88 Å². The second-order valence-corrected chi connectivity index (χ2v) is 2.21. The summed E-state index contributed by atoms with van der Waals surface area (Å²) >= 11 is 3.93. The van der Waals surface area contributed by atoms with Gasteiger partial charge in [0.25, 0.3) is 0 Å². The minimum absolute atomic E-state index is 0.146. The van der Waals surface area contributed by atoms with Crippen molar-refractivity contribution in [2.45, 2.75) is 26.0 Å². The van der Waals surface area contributed by atoms with E-state index >= 15 is 0 Å². The molecule has 0 amide bonds. The van der Waals surface area contributed by atoms with Crippen molar-refractivity contribution < 1.29 is 5.11 Å². The van der Waals surface area contributed by atoms with Crippen LogP contribution in [0.1, 0.15) is 13.8 Å². The number of hydrogen-bond donors (Lipinski definition) is 3. The van der Waals surface area contributed by atoms with Crippen molar-refractivity contribution >= 4 is 12.6 Å². The molecule has 0 spiro atoms. The summed E-state index contributed by atoms with van der Waals surface area (Å²) < 4.78 is 0. The smallest absolute Gasteiger partial charge is 0.0662 e. The first-order chi connectivity index (χ1) is 3.68. The number of hydrogen-bond acceptors (Lipinski definition) is 3. The number of thiol groups is 1. The Morgan fingerprint density at radius 1 is 1.62 bits per heavy atom. The molecule has 2 unspecified atom stereocenters. The fourth-order valence-corrected chi connectivity index (χ4v) is 0.603. The van der Waals surface area contributed by atoms with Crippen LogP contribution in [0.25, 0.3) is 0 Å². The molecule has 0 aromatic rings. The molecule has 50 valence electrons. The van der Waals surface area contributed by atoms with Gasteiger partial charge in [-0.15, -0.1) is 0 Å². The van der Waals surface area contributed by atoms with E-state index in [9.17, 15) is 0 Å². The van der Waals surface area contributed by atoms with Crippen molar-refractivity contribution in [3.8, 4) is 0 Å². The maximum Gasteiger partial charge on any atom is 0.0662 e. The van der Waals surface area contributed by atoms with E-state index in [1.54, 1.807) is 6.92 Å². The fourth-order valence-electron chi connectivity index (χ4n) is 0.315. The minimum atomic E-state index is -0.290. The highest BCUT2D eigenvalue weighted by molar-refractivity contribution is 7.80. The van der Waals surface area contributed by atoms with Crippen LogP contribution < -0.4 is 5.32 Å². The molecule has 0 saturated carbocycles. The third-order valence-corrected chi connectivity index (χ3v) is 1.32. The van der Waals surface area contributed by atoms with Crippen molar-refractivity contribution in [1.29, 1.82) is 0 Å². The maximum absolute atomic E-state index is 8.86. The minimum Gasteiger partial charge on any atom is -0.392 e. The summed E-state index contributed by atoms with van der Waals surface area (Å²) in [6.07, 6.45) is -0.290. The fraction of sp³-hybridized carbons (Fsp3) is 1.00. The molecule has 3 heteroatoms. The maximum atomic E-state index is 8.86. The van der Waals surface area contributed by atoms with Crippen LogP contribution >= 0.6 is 12.6 Å². The molecular formula is C5H13NOS. The predicted octanol–water partition coefficient (Wildman–Crippen LogP) is 0.233. The molecule has 0 rings (SSSR count). The summed E-state index contributed by atoms with van der Waals surface area (Å²) in [6, 6.07) is 0.146. The molecule has 2 N–H and O–H groups in total. The average Bonchev–Trinajstić information content (AvgIpc) is 1.67. The zero-order chi connectivity index (χ0) is 6.57. The first-order valence-electron chi connectivity index (χ1n) is 2.70. The largest absolute Gasteiger partial charge is 0.392 e. The van der Waals surface area contributed by atoms with E-state index in [0.29, 0.717) is 5.88 Å². The van der Waals surface area contributed by atoms with Gasteiger partial charge in [0, 0.05) is 11.9 Å². The van der Waals surface area contributed by atoms with Gasteiger partial charge in [0.1, 0.15) is 0 Å². The first kappa shape index (κ1) is 8.27. The van der Waals surface area contributed by atoms with Crippen molar-refractivity contribution in [3.63, 3.8) is 0 Å². The van der Waals surface area contributed by atoms with Gasteiger partial charge >= 0.3 is 0 Å². The molecule has 2 nitrogen and oxygen atoms in total. The molecule has 0 heterocycles. The molecule has 2 atom stereocenters. The molecular weight excluding hydrogens is 122 g/mol. The molecule has 0 saturated heterocycles. The topological polar surface area (TPSA) is 32.3 Å². The van der Waals surface area contributed by atoms with Gasteiger partial charge in [-0.2, -0.15) is 12.6 Å². The third kappa shape index (κ3) is 3.29. The Morgan fingerprint density at radius 3 is 2.25 bits per heavy atom. The van der Waals surface area contributed by atoms with Gasteiger partial charge in [0.2, 0.25) is 0 Å². The number of aliphatic hydroxyl groups excluding tert-OH is 1. The van der Waals surface area contributed by atoms with Crippen LogP contribution in [0.4, 0.5) is 0 Å². The summed E-state index contributed by atoms with van der Waals surface area (Å²) in [6.45, 7) is 3.67. The van der Waals surface area contributed by atoms with Crippen LogP contribution in [-0.2, 0) is 0 Å². The quantitative estimate of drug-likeness (QED) is 0.382. The highest BCUT2D eigenvalue weighted by atomic mass is 32.1. The normalized spacial score (nSPS) is 18.0. The second kappa shape index (κ2) is 4.18. The van der Waals surface area contributed by atoms with E-state index in [4.69, 9.17) is 5.11 Å². The first-order valence-corrected chi connectivity index (χ1v) is 3.34. The molecule has 0 aliphatic heterocycles. The highest BCUT2D eigenvalue weighted by Crippen LogP contribution is 1.88. The molecule has 0 fully saturated rings. The summed E-state index contributed by atoms with van der Waals surface area (Å²) in [4.78, 5) is 0. The zero-order valence-electron chi connectivity index (χ0n) is 5.26. The Balaban J connectivity index is 3.17. The van der Waals surface area contributed by atoms with Crippen LogP contribution in [0.3, 0.4) is 0 Å². The predicted molar refractivity (Wildman–Crippen MR) is 38.1 cm³/mol. The van der Waals surface area contributed by atoms with E-state index < -0.39 is 0 Å². The molecule has 8 heavy (non-hydrogen) atoms. The lowest BCUT2D eigenvalue weighted by molar-refractivity contribution is 0.156. The molecule has 0 radical (unpaired) electrons. The average molecular weight is 135 g/mol. The van der Waals surface area contributed by atoms with Crippen molar-refractivity contribution in [2.24, 2.45) is 0 Å². The molecule has 0 aromatic heterocycles. The monoisotopic (exact) mass is 135 g/mol. The van der Waals surface area contributed by atoms with Gasteiger partial charge in [0.05, 0.1) is 6.10 Å². The lowest BCUT2D eigenvalue weighted by Crippen LogP contribution is -2.34. The van der Waals surface area contributed by atoms with Gasteiger partial charge in [-0.1, -0.05) is 0 Å². The Labute approximate surface area is 55.7 Å². The van der Waals surface area contributed by atoms with Crippen LogP contribution in [0.5, 0.6) is 0 Å². The Kier molecular flexibility index (Phi) is 4.32. The highest BCUT2D eigenvalue weighted by Gasteiger charge is 2.04. The Morgan fingerprint density at radius 2 is 2.12 bits per heavy atom.